The largest absolute Gasteiger partial charge is 0.313 e. The Morgan fingerprint density at radius 3 is 2.59 bits per heavy atom. The van der Waals surface area contributed by atoms with E-state index in [1.165, 1.54) is 5.56 Å². The van der Waals surface area contributed by atoms with Crippen molar-refractivity contribution in [3.8, 4) is 6.07 Å². The molecule has 0 spiro atoms. The van der Waals surface area contributed by atoms with Crippen molar-refractivity contribution in [1.29, 1.82) is 5.26 Å². The molecule has 0 aliphatic heterocycles. The highest BCUT2D eigenvalue weighted by atomic mass is 14.9. The number of rotatable bonds is 7. The third-order valence-corrected chi connectivity index (χ3v) is 3.21. The van der Waals surface area contributed by atoms with Crippen molar-refractivity contribution in [1.82, 2.24) is 5.32 Å². The summed E-state index contributed by atoms with van der Waals surface area (Å²) in [5.41, 5.74) is 1.39. The van der Waals surface area contributed by atoms with Crippen LogP contribution in [-0.2, 0) is 0 Å². The van der Waals surface area contributed by atoms with Gasteiger partial charge in [-0.2, -0.15) is 5.26 Å². The van der Waals surface area contributed by atoms with Gasteiger partial charge >= 0.3 is 0 Å². The number of nitrogens with one attached hydrogen (secondary N) is 1. The average Bonchev–Trinajstić information content (AvgIpc) is 2.38. The molecule has 1 aromatic carbocycles. The van der Waals surface area contributed by atoms with E-state index in [0.717, 1.165) is 19.4 Å². The first-order valence-corrected chi connectivity index (χ1v) is 6.43. The van der Waals surface area contributed by atoms with Crippen molar-refractivity contribution >= 4 is 0 Å². The van der Waals surface area contributed by atoms with E-state index in [2.05, 4.69) is 55.6 Å². The van der Waals surface area contributed by atoms with Gasteiger partial charge < -0.3 is 5.32 Å². The summed E-state index contributed by atoms with van der Waals surface area (Å²) < 4.78 is 0. The second-order valence-corrected chi connectivity index (χ2v) is 4.52. The van der Waals surface area contributed by atoms with E-state index < -0.39 is 0 Å². The van der Waals surface area contributed by atoms with Crippen LogP contribution in [0.1, 0.15) is 44.6 Å². The molecule has 1 rings (SSSR count). The van der Waals surface area contributed by atoms with E-state index in [4.69, 9.17) is 5.26 Å². The number of benzene rings is 1. The summed E-state index contributed by atoms with van der Waals surface area (Å²) in [6.45, 7) is 5.36. The van der Waals surface area contributed by atoms with Crippen molar-refractivity contribution in [2.24, 2.45) is 0 Å². The lowest BCUT2D eigenvalue weighted by Gasteiger charge is -2.16. The van der Waals surface area contributed by atoms with Crippen molar-refractivity contribution in [2.45, 2.75) is 45.1 Å². The maximum Gasteiger partial charge on any atom is 0.0638 e. The van der Waals surface area contributed by atoms with Crippen molar-refractivity contribution in [3.63, 3.8) is 0 Å². The molecular weight excluding hydrogens is 208 g/mol. The summed E-state index contributed by atoms with van der Waals surface area (Å²) in [7, 11) is 0. The molecule has 2 heteroatoms. The molecule has 1 N–H and O–H groups in total. The number of nitrogens with zero attached hydrogens (tertiary/aromatic N) is 1. The van der Waals surface area contributed by atoms with Crippen LogP contribution in [0.3, 0.4) is 0 Å². The molecule has 0 radical (unpaired) electrons. The highest BCUT2D eigenvalue weighted by Crippen LogP contribution is 2.17. The molecule has 1 aromatic rings. The Hall–Kier alpha value is -1.33. The van der Waals surface area contributed by atoms with E-state index >= 15 is 0 Å². The van der Waals surface area contributed by atoms with Gasteiger partial charge in [0.05, 0.1) is 12.5 Å². The lowest BCUT2D eigenvalue weighted by Crippen LogP contribution is -2.29. The third kappa shape index (κ3) is 5.01. The minimum absolute atomic E-state index is 0.350. The molecule has 17 heavy (non-hydrogen) atoms. The fourth-order valence-electron chi connectivity index (χ4n) is 1.92. The SMILES string of the molecule is CC[C@H](CC#N)NCC[C@H](C)c1ccccc1. The zero-order chi connectivity index (χ0) is 12.5. The summed E-state index contributed by atoms with van der Waals surface area (Å²) in [6.07, 6.45) is 2.75. The number of nitriles is 1. The van der Waals surface area contributed by atoms with Gasteiger partial charge in [-0.05, 0) is 30.9 Å². The van der Waals surface area contributed by atoms with Gasteiger partial charge in [0.15, 0.2) is 0 Å². The van der Waals surface area contributed by atoms with E-state index in [0.29, 0.717) is 18.4 Å². The quantitative estimate of drug-likeness (QED) is 0.778. The van der Waals surface area contributed by atoms with Gasteiger partial charge in [0.2, 0.25) is 0 Å². The topological polar surface area (TPSA) is 35.8 Å². The van der Waals surface area contributed by atoms with E-state index in [1.54, 1.807) is 0 Å². The molecule has 2 atom stereocenters. The lowest BCUT2D eigenvalue weighted by atomic mass is 9.98. The Balaban J connectivity index is 2.29. The summed E-state index contributed by atoms with van der Waals surface area (Å²) in [5.74, 6) is 0.572. The molecule has 0 unspecified atom stereocenters. The highest BCUT2D eigenvalue weighted by Gasteiger charge is 2.07. The van der Waals surface area contributed by atoms with Crippen LogP contribution >= 0.6 is 0 Å². The fraction of sp³-hybridized carbons (Fsp3) is 0.533. The van der Waals surface area contributed by atoms with Crippen LogP contribution in [0.4, 0.5) is 0 Å². The van der Waals surface area contributed by atoms with Gasteiger partial charge in [-0.15, -0.1) is 0 Å². The van der Waals surface area contributed by atoms with Crippen molar-refractivity contribution in [2.75, 3.05) is 6.54 Å². The Bertz CT molecular complexity index is 340. The predicted molar refractivity (Wildman–Crippen MR) is 71.8 cm³/mol. The number of hydrogen-bond donors (Lipinski definition) is 1. The van der Waals surface area contributed by atoms with Crippen LogP contribution in [0.5, 0.6) is 0 Å². The summed E-state index contributed by atoms with van der Waals surface area (Å²) >= 11 is 0. The molecule has 92 valence electrons. The summed E-state index contributed by atoms with van der Waals surface area (Å²) in [6, 6.07) is 13.2. The van der Waals surface area contributed by atoms with Gasteiger partial charge in [0.1, 0.15) is 0 Å². The van der Waals surface area contributed by atoms with Crippen molar-refractivity contribution < 1.29 is 0 Å². The molecule has 2 nitrogen and oxygen atoms in total. The van der Waals surface area contributed by atoms with Crippen LogP contribution in [0.15, 0.2) is 30.3 Å². The molecule has 0 aliphatic carbocycles. The van der Waals surface area contributed by atoms with Gasteiger partial charge in [-0.25, -0.2) is 0 Å². The number of hydrogen-bond acceptors (Lipinski definition) is 2. The normalized spacial score (nSPS) is 13.9. The van der Waals surface area contributed by atoms with Gasteiger partial charge in [-0.3, -0.25) is 0 Å². The molecule has 0 saturated carbocycles. The second-order valence-electron chi connectivity index (χ2n) is 4.52. The minimum Gasteiger partial charge on any atom is -0.313 e. The first kappa shape index (κ1) is 13.7. The van der Waals surface area contributed by atoms with Gasteiger partial charge in [0, 0.05) is 6.04 Å². The maximum absolute atomic E-state index is 8.66. The van der Waals surface area contributed by atoms with Crippen LogP contribution in [0, 0.1) is 11.3 Å². The molecule has 0 aromatic heterocycles. The van der Waals surface area contributed by atoms with Crippen LogP contribution < -0.4 is 5.32 Å². The lowest BCUT2D eigenvalue weighted by molar-refractivity contribution is 0.483. The summed E-state index contributed by atoms with van der Waals surface area (Å²) in [4.78, 5) is 0. The fourth-order valence-corrected chi connectivity index (χ4v) is 1.92. The Morgan fingerprint density at radius 2 is 2.00 bits per heavy atom. The first-order valence-electron chi connectivity index (χ1n) is 6.43. The standard InChI is InChI=1S/C15H22N2/c1-3-15(9-11-16)17-12-10-13(2)14-7-5-4-6-8-14/h4-8,13,15,17H,3,9-10,12H2,1-2H3/t13-,15+/m0/s1. The van der Waals surface area contributed by atoms with Crippen LogP contribution in [0.2, 0.25) is 0 Å². The zero-order valence-electron chi connectivity index (χ0n) is 10.8. The monoisotopic (exact) mass is 230 g/mol. The molecule has 0 amide bonds. The maximum atomic E-state index is 8.66. The van der Waals surface area contributed by atoms with Crippen LogP contribution in [-0.4, -0.2) is 12.6 Å². The Labute approximate surface area is 105 Å². The smallest absolute Gasteiger partial charge is 0.0638 e. The van der Waals surface area contributed by atoms with Gasteiger partial charge in [-0.1, -0.05) is 44.2 Å². The van der Waals surface area contributed by atoms with E-state index in [-0.39, 0.29) is 0 Å². The molecule has 0 fully saturated rings. The van der Waals surface area contributed by atoms with E-state index in [9.17, 15) is 0 Å². The second kappa shape index (κ2) is 7.86. The molecule has 0 bridgehead atoms. The predicted octanol–water partition coefficient (Wildman–Crippen LogP) is 3.46. The first-order chi connectivity index (χ1) is 8.27. The van der Waals surface area contributed by atoms with Gasteiger partial charge in [0.25, 0.3) is 0 Å². The van der Waals surface area contributed by atoms with E-state index in [1.807, 2.05) is 0 Å². The van der Waals surface area contributed by atoms with Crippen LogP contribution in [0.25, 0.3) is 0 Å². The van der Waals surface area contributed by atoms with Crippen molar-refractivity contribution in [3.05, 3.63) is 35.9 Å². The highest BCUT2D eigenvalue weighted by molar-refractivity contribution is 5.18. The molecule has 0 aliphatic rings. The Kier molecular flexibility index (Phi) is 6.35. The summed E-state index contributed by atoms with van der Waals surface area (Å²) in [5, 5.41) is 12.1. The third-order valence-electron chi connectivity index (χ3n) is 3.21. The zero-order valence-corrected chi connectivity index (χ0v) is 10.8. The molecular formula is C15H22N2. The minimum atomic E-state index is 0.350. The average molecular weight is 230 g/mol. The Morgan fingerprint density at radius 1 is 1.29 bits per heavy atom. The molecule has 0 saturated heterocycles. The molecule has 0 heterocycles.